The van der Waals surface area contributed by atoms with Gasteiger partial charge in [0.2, 0.25) is 0 Å². The highest BCUT2D eigenvalue weighted by Gasteiger charge is 2.22. The van der Waals surface area contributed by atoms with Crippen molar-refractivity contribution in [2.24, 2.45) is 0 Å². The van der Waals surface area contributed by atoms with E-state index in [1.807, 2.05) is 0 Å². The van der Waals surface area contributed by atoms with E-state index < -0.39 is 0 Å². The molecule has 0 amide bonds. The van der Waals surface area contributed by atoms with Gasteiger partial charge in [-0.3, -0.25) is 0 Å². The maximum absolute atomic E-state index is 6.50. The summed E-state index contributed by atoms with van der Waals surface area (Å²) in [5, 5.41) is 15.0. The van der Waals surface area contributed by atoms with E-state index in [-0.39, 0.29) is 0 Å². The molecule has 0 aromatic heterocycles. The van der Waals surface area contributed by atoms with Crippen LogP contribution >= 0.6 is 0 Å². The van der Waals surface area contributed by atoms with Crippen LogP contribution in [0.2, 0.25) is 0 Å². The molecule has 1 nitrogen and oxygen atoms in total. The fourth-order valence-corrected chi connectivity index (χ4v) is 8.15. The zero-order valence-electron chi connectivity index (χ0n) is 26.6. The van der Waals surface area contributed by atoms with Crippen molar-refractivity contribution >= 4 is 64.6 Å². The summed E-state index contributed by atoms with van der Waals surface area (Å²) in [6.07, 6.45) is 0. The van der Waals surface area contributed by atoms with Crippen LogP contribution in [0.1, 0.15) is 0 Å². The summed E-state index contributed by atoms with van der Waals surface area (Å²) in [5.74, 6) is 1.83. The van der Waals surface area contributed by atoms with Gasteiger partial charge in [-0.05, 0) is 130 Å². The van der Waals surface area contributed by atoms with E-state index >= 15 is 0 Å². The molecule has 0 bridgehead atoms. The Bertz CT molecular complexity index is 3020. The summed E-state index contributed by atoms with van der Waals surface area (Å²) in [6, 6.07) is 62.3. The van der Waals surface area contributed by atoms with Crippen molar-refractivity contribution in [1.82, 2.24) is 0 Å². The number of benzene rings is 10. The summed E-state index contributed by atoms with van der Waals surface area (Å²) in [5.41, 5.74) is 7.25. The van der Waals surface area contributed by atoms with Gasteiger partial charge in [0, 0.05) is 10.9 Å². The number of rotatable bonds is 2. The van der Waals surface area contributed by atoms with Crippen LogP contribution in [-0.2, 0) is 0 Å². The third-order valence-corrected chi connectivity index (χ3v) is 10.6. The Morgan fingerprint density at radius 1 is 0.265 bits per heavy atom. The van der Waals surface area contributed by atoms with Gasteiger partial charge in [-0.15, -0.1) is 0 Å². The summed E-state index contributed by atoms with van der Waals surface area (Å²) in [6.45, 7) is 0. The highest BCUT2D eigenvalue weighted by atomic mass is 16.5. The van der Waals surface area contributed by atoms with E-state index in [9.17, 15) is 0 Å². The molecule has 0 atom stereocenters. The Morgan fingerprint density at radius 2 is 0.837 bits per heavy atom. The van der Waals surface area contributed by atoms with Crippen molar-refractivity contribution in [2.45, 2.75) is 0 Å². The monoisotopic (exact) mass is 620 g/mol. The molecule has 1 aliphatic heterocycles. The second-order valence-electron chi connectivity index (χ2n) is 13.3. The van der Waals surface area contributed by atoms with Crippen LogP contribution in [0.5, 0.6) is 11.5 Å². The molecule has 0 saturated heterocycles. The first kappa shape index (κ1) is 26.6. The molecular formula is C48H28O. The van der Waals surface area contributed by atoms with Crippen molar-refractivity contribution in [2.75, 3.05) is 0 Å². The lowest BCUT2D eigenvalue weighted by Crippen LogP contribution is -1.98. The average molecular weight is 621 g/mol. The normalized spacial score (nSPS) is 12.2. The van der Waals surface area contributed by atoms with Crippen LogP contribution in [0, 0.1) is 0 Å². The first-order chi connectivity index (χ1) is 24.2. The second kappa shape index (κ2) is 10.0. The predicted molar refractivity (Wildman–Crippen MR) is 208 cm³/mol. The number of ether oxygens (including phenoxy) is 1. The fraction of sp³-hybridized carbons (Fsp3) is 0. The topological polar surface area (TPSA) is 9.23 Å². The molecule has 0 fully saturated rings. The molecule has 1 aliphatic rings. The molecule has 226 valence electrons. The largest absolute Gasteiger partial charge is 0.456 e. The molecule has 0 saturated carbocycles. The van der Waals surface area contributed by atoms with Gasteiger partial charge in [-0.2, -0.15) is 0 Å². The molecule has 10 aromatic rings. The van der Waals surface area contributed by atoms with Crippen LogP contribution in [0.3, 0.4) is 0 Å². The van der Waals surface area contributed by atoms with Crippen LogP contribution in [0.15, 0.2) is 170 Å². The smallest absolute Gasteiger partial charge is 0.136 e. The first-order valence-corrected chi connectivity index (χ1v) is 16.9. The molecule has 1 heterocycles. The quantitative estimate of drug-likeness (QED) is 0.175. The minimum Gasteiger partial charge on any atom is -0.456 e. The Balaban J connectivity index is 1.13. The van der Waals surface area contributed by atoms with E-state index in [2.05, 4.69) is 170 Å². The van der Waals surface area contributed by atoms with Gasteiger partial charge in [0.1, 0.15) is 11.5 Å². The second-order valence-corrected chi connectivity index (χ2v) is 13.3. The van der Waals surface area contributed by atoms with Crippen LogP contribution in [0.25, 0.3) is 98.0 Å². The number of hydrogen-bond acceptors (Lipinski definition) is 1. The SMILES string of the molecule is c1ccc2c(c1)Oc1cc3ccccc3c3cc(-c4ccc5ccc6c7cc(-c8ccc9ccccc9c8)ccc7ccc6c5c4)cc-2c13. The molecule has 10 aromatic carbocycles. The maximum Gasteiger partial charge on any atom is 0.136 e. The van der Waals surface area contributed by atoms with E-state index in [1.165, 1.54) is 92.5 Å². The van der Waals surface area contributed by atoms with Gasteiger partial charge < -0.3 is 4.74 Å². The van der Waals surface area contributed by atoms with Crippen molar-refractivity contribution in [3.05, 3.63) is 170 Å². The summed E-state index contributed by atoms with van der Waals surface area (Å²) in [7, 11) is 0. The van der Waals surface area contributed by atoms with Gasteiger partial charge in [0.05, 0.1) is 0 Å². The zero-order chi connectivity index (χ0) is 32.1. The molecule has 49 heavy (non-hydrogen) atoms. The van der Waals surface area contributed by atoms with Crippen LogP contribution in [-0.4, -0.2) is 0 Å². The lowest BCUT2D eigenvalue weighted by Gasteiger charge is -2.23. The Hall–Kier alpha value is -6.44. The van der Waals surface area contributed by atoms with Crippen molar-refractivity contribution in [3.63, 3.8) is 0 Å². The molecule has 11 rings (SSSR count). The summed E-state index contributed by atoms with van der Waals surface area (Å²) >= 11 is 0. The Morgan fingerprint density at radius 3 is 1.61 bits per heavy atom. The van der Waals surface area contributed by atoms with E-state index in [0.29, 0.717) is 0 Å². The Labute approximate surface area is 283 Å². The lowest BCUT2D eigenvalue weighted by molar-refractivity contribution is 0.487. The molecule has 1 heteroatoms. The Kier molecular flexibility index (Phi) is 5.45. The number of hydrogen-bond donors (Lipinski definition) is 0. The molecule has 0 unspecified atom stereocenters. The van der Waals surface area contributed by atoms with Gasteiger partial charge >= 0.3 is 0 Å². The van der Waals surface area contributed by atoms with Crippen molar-refractivity contribution in [1.29, 1.82) is 0 Å². The summed E-state index contributed by atoms with van der Waals surface area (Å²) in [4.78, 5) is 0. The van der Waals surface area contributed by atoms with Crippen LogP contribution in [0.4, 0.5) is 0 Å². The molecule has 0 N–H and O–H groups in total. The third kappa shape index (κ3) is 4.00. The molecule has 0 radical (unpaired) electrons. The van der Waals surface area contributed by atoms with Crippen molar-refractivity contribution in [3.8, 4) is 44.9 Å². The highest BCUT2D eigenvalue weighted by molar-refractivity contribution is 6.20. The average Bonchev–Trinajstić information content (AvgIpc) is 3.17. The van der Waals surface area contributed by atoms with Gasteiger partial charge in [0.15, 0.2) is 0 Å². The first-order valence-electron chi connectivity index (χ1n) is 16.9. The van der Waals surface area contributed by atoms with Gasteiger partial charge in [-0.25, -0.2) is 0 Å². The van der Waals surface area contributed by atoms with Crippen molar-refractivity contribution < 1.29 is 4.74 Å². The number of fused-ring (bicyclic) bond motifs is 10. The maximum atomic E-state index is 6.50. The van der Waals surface area contributed by atoms with E-state index in [1.54, 1.807) is 0 Å². The minimum atomic E-state index is 0.906. The third-order valence-electron chi connectivity index (χ3n) is 10.6. The highest BCUT2D eigenvalue weighted by Crippen LogP contribution is 2.50. The van der Waals surface area contributed by atoms with E-state index in [0.717, 1.165) is 17.1 Å². The number of para-hydroxylation sites is 1. The predicted octanol–water partition coefficient (Wildman–Crippen LogP) is 13.7. The van der Waals surface area contributed by atoms with Gasteiger partial charge in [-0.1, -0.05) is 127 Å². The lowest BCUT2D eigenvalue weighted by atomic mass is 9.87. The molecular weight excluding hydrogens is 593 g/mol. The standard InChI is InChI=1S/C48H28O/c1-2-8-32-23-33(16-13-29(32)7-1)34-17-14-30-19-22-40-39(42(30)24-34)21-20-31-15-18-35(25-43(31)40)37-26-44-38-10-4-3-9-36(38)28-47-48(44)45(27-37)41-11-5-6-12-46(41)49-47/h1-28H. The van der Waals surface area contributed by atoms with Crippen LogP contribution < -0.4 is 4.74 Å². The molecule has 0 aliphatic carbocycles. The van der Waals surface area contributed by atoms with Gasteiger partial charge in [0.25, 0.3) is 0 Å². The minimum absolute atomic E-state index is 0.906. The fourth-order valence-electron chi connectivity index (χ4n) is 8.15. The summed E-state index contributed by atoms with van der Waals surface area (Å²) < 4.78 is 6.50. The molecule has 0 spiro atoms. The van der Waals surface area contributed by atoms with E-state index in [4.69, 9.17) is 4.74 Å². The zero-order valence-corrected chi connectivity index (χ0v) is 26.6.